The summed E-state index contributed by atoms with van der Waals surface area (Å²) < 4.78 is 7.39. The molecule has 0 bridgehead atoms. The van der Waals surface area contributed by atoms with Gasteiger partial charge >= 0.3 is 0 Å². The van der Waals surface area contributed by atoms with Crippen LogP contribution >= 0.6 is 11.6 Å². The number of hydrogen-bond donors (Lipinski definition) is 2. The van der Waals surface area contributed by atoms with E-state index in [0.29, 0.717) is 24.0 Å². The monoisotopic (exact) mass is 388 g/mol. The normalized spacial score (nSPS) is 11.1. The number of amides is 1. The van der Waals surface area contributed by atoms with Crippen molar-refractivity contribution in [2.45, 2.75) is 33.2 Å². The summed E-state index contributed by atoms with van der Waals surface area (Å²) in [4.78, 5) is 24.1. The molecule has 0 aromatic carbocycles. The molecule has 27 heavy (non-hydrogen) atoms. The minimum atomic E-state index is -0.385. The lowest BCUT2D eigenvalue weighted by atomic mass is 10.1. The molecular weight excluding hydrogens is 368 g/mol. The summed E-state index contributed by atoms with van der Waals surface area (Å²) in [5, 5.41) is 0.922. The number of nitrogens with zero attached hydrogens (tertiary/aromatic N) is 4. The lowest BCUT2D eigenvalue weighted by Gasteiger charge is -2.13. The van der Waals surface area contributed by atoms with Crippen molar-refractivity contribution in [3.8, 4) is 5.75 Å². The number of carbonyl (C=O) groups excluding carboxylic acids is 1. The van der Waals surface area contributed by atoms with Crippen molar-refractivity contribution in [3.63, 3.8) is 0 Å². The van der Waals surface area contributed by atoms with E-state index in [0.717, 1.165) is 28.1 Å². The summed E-state index contributed by atoms with van der Waals surface area (Å²) in [7, 11) is 1.64. The Bertz CT molecular complexity index is 1030. The lowest BCUT2D eigenvalue weighted by molar-refractivity contribution is -0.117. The highest BCUT2D eigenvalue weighted by Crippen LogP contribution is 2.30. The summed E-state index contributed by atoms with van der Waals surface area (Å²) in [6, 6.07) is 0. The molecule has 0 saturated heterocycles. The summed E-state index contributed by atoms with van der Waals surface area (Å²) in [5.74, 6) is 0.501. The van der Waals surface area contributed by atoms with E-state index >= 15 is 0 Å². The van der Waals surface area contributed by atoms with E-state index in [1.807, 2.05) is 24.6 Å². The van der Waals surface area contributed by atoms with Crippen LogP contribution in [0.1, 0.15) is 28.8 Å². The zero-order chi connectivity index (χ0) is 19.7. The van der Waals surface area contributed by atoms with Crippen molar-refractivity contribution >= 4 is 34.5 Å². The van der Waals surface area contributed by atoms with Crippen LogP contribution in [0.25, 0.3) is 11.0 Å². The third-order valence-corrected chi connectivity index (χ3v) is 4.75. The Morgan fingerprint density at radius 3 is 2.74 bits per heavy atom. The molecule has 3 aromatic rings. The van der Waals surface area contributed by atoms with Crippen molar-refractivity contribution < 1.29 is 9.53 Å². The van der Waals surface area contributed by atoms with Gasteiger partial charge in [0.25, 0.3) is 0 Å². The molecule has 0 aliphatic heterocycles. The van der Waals surface area contributed by atoms with Crippen molar-refractivity contribution in [2.75, 3.05) is 12.8 Å². The van der Waals surface area contributed by atoms with Gasteiger partial charge in [-0.05, 0) is 25.8 Å². The molecule has 3 aromatic heterocycles. The average Bonchev–Trinajstić information content (AvgIpc) is 2.94. The standard InChI is InChI=1S/C18H21ClN6O2/c1-9-6-22-12(10(2)15(9)27-3)8-25-7-11(4-5-13(20)26)14-16(19)23-18(21)24-17(14)25/h6-7H,4-5,8H2,1-3H3,(H2,20,26)(H2,21,23,24). The zero-order valence-electron chi connectivity index (χ0n) is 15.4. The number of methoxy groups -OCH3 is 1. The molecular formula is C18H21ClN6O2. The number of ether oxygens (including phenoxy) is 1. The van der Waals surface area contributed by atoms with Crippen LogP contribution in [0, 0.1) is 13.8 Å². The Kier molecular flexibility index (Phi) is 5.18. The fraction of sp³-hybridized carbons (Fsp3) is 0.333. The molecule has 3 heterocycles. The molecule has 3 rings (SSSR count). The molecule has 0 atom stereocenters. The number of rotatable bonds is 6. The van der Waals surface area contributed by atoms with Gasteiger partial charge in [0.05, 0.1) is 24.7 Å². The van der Waals surface area contributed by atoms with Crippen LogP contribution in [0.15, 0.2) is 12.4 Å². The third kappa shape index (κ3) is 3.66. The van der Waals surface area contributed by atoms with Crippen LogP contribution in [0.4, 0.5) is 5.95 Å². The van der Waals surface area contributed by atoms with Crippen molar-refractivity contribution in [3.05, 3.63) is 39.9 Å². The van der Waals surface area contributed by atoms with E-state index in [1.54, 1.807) is 13.3 Å². The molecule has 0 unspecified atom stereocenters. The number of pyridine rings is 1. The first-order valence-corrected chi connectivity index (χ1v) is 8.77. The number of hydrogen-bond acceptors (Lipinski definition) is 6. The minimum absolute atomic E-state index is 0.0828. The van der Waals surface area contributed by atoms with E-state index in [4.69, 9.17) is 27.8 Å². The van der Waals surface area contributed by atoms with E-state index in [2.05, 4.69) is 15.0 Å². The largest absolute Gasteiger partial charge is 0.496 e. The second-order valence-corrected chi connectivity index (χ2v) is 6.72. The second kappa shape index (κ2) is 7.40. The number of nitrogen functional groups attached to an aromatic ring is 1. The van der Waals surface area contributed by atoms with E-state index < -0.39 is 0 Å². The second-order valence-electron chi connectivity index (χ2n) is 6.37. The predicted molar refractivity (Wildman–Crippen MR) is 104 cm³/mol. The minimum Gasteiger partial charge on any atom is -0.496 e. The molecule has 0 radical (unpaired) electrons. The molecule has 0 fully saturated rings. The Morgan fingerprint density at radius 1 is 1.33 bits per heavy atom. The number of fused-ring (bicyclic) bond motifs is 1. The van der Waals surface area contributed by atoms with Crippen LogP contribution in [-0.2, 0) is 17.8 Å². The first-order valence-electron chi connectivity index (χ1n) is 8.40. The van der Waals surface area contributed by atoms with Crippen molar-refractivity contribution in [2.24, 2.45) is 5.73 Å². The lowest BCUT2D eigenvalue weighted by Crippen LogP contribution is -2.11. The summed E-state index contributed by atoms with van der Waals surface area (Å²) in [6.45, 7) is 4.36. The summed E-state index contributed by atoms with van der Waals surface area (Å²) in [5.41, 5.74) is 15.3. The number of aromatic nitrogens is 4. The van der Waals surface area contributed by atoms with Crippen LogP contribution in [-0.4, -0.2) is 32.5 Å². The third-order valence-electron chi connectivity index (χ3n) is 4.48. The molecule has 0 aliphatic carbocycles. The maximum absolute atomic E-state index is 11.2. The highest BCUT2D eigenvalue weighted by Gasteiger charge is 2.18. The van der Waals surface area contributed by atoms with Gasteiger partial charge in [0.1, 0.15) is 16.5 Å². The molecule has 142 valence electrons. The molecule has 8 nitrogen and oxygen atoms in total. The van der Waals surface area contributed by atoms with Gasteiger partial charge in [-0.1, -0.05) is 11.6 Å². The first kappa shape index (κ1) is 18.9. The highest BCUT2D eigenvalue weighted by atomic mass is 35.5. The smallest absolute Gasteiger partial charge is 0.223 e. The average molecular weight is 389 g/mol. The number of halogens is 1. The van der Waals surface area contributed by atoms with Crippen LogP contribution in [0.3, 0.4) is 0 Å². The molecule has 9 heteroatoms. The quantitative estimate of drug-likeness (QED) is 0.624. The molecule has 0 aliphatic rings. The van der Waals surface area contributed by atoms with Crippen molar-refractivity contribution in [1.29, 1.82) is 0 Å². The van der Waals surface area contributed by atoms with E-state index in [1.165, 1.54) is 0 Å². The number of carbonyl (C=O) groups is 1. The molecule has 4 N–H and O–H groups in total. The number of nitrogens with two attached hydrogens (primary N) is 2. The Balaban J connectivity index is 2.11. The van der Waals surface area contributed by atoms with Gasteiger partial charge in [-0.25, -0.2) is 4.98 Å². The molecule has 0 spiro atoms. The van der Waals surface area contributed by atoms with Gasteiger partial charge < -0.3 is 20.8 Å². The Hall–Kier alpha value is -2.87. The fourth-order valence-corrected chi connectivity index (χ4v) is 3.49. The highest BCUT2D eigenvalue weighted by molar-refractivity contribution is 6.34. The zero-order valence-corrected chi connectivity index (χ0v) is 16.2. The number of anilines is 1. The van der Waals surface area contributed by atoms with Gasteiger partial charge in [0, 0.05) is 29.9 Å². The van der Waals surface area contributed by atoms with Crippen LogP contribution in [0.2, 0.25) is 5.15 Å². The topological polar surface area (TPSA) is 122 Å². The Labute approximate surface area is 161 Å². The fourth-order valence-electron chi connectivity index (χ4n) is 3.20. The van der Waals surface area contributed by atoms with Gasteiger partial charge in [-0.3, -0.25) is 9.78 Å². The molecule has 0 saturated carbocycles. The van der Waals surface area contributed by atoms with Crippen molar-refractivity contribution in [1.82, 2.24) is 19.5 Å². The van der Waals surface area contributed by atoms with Gasteiger partial charge in [-0.2, -0.15) is 4.98 Å². The first-order chi connectivity index (χ1) is 12.8. The van der Waals surface area contributed by atoms with Crippen LogP contribution < -0.4 is 16.2 Å². The van der Waals surface area contributed by atoms with Gasteiger partial charge in [0.15, 0.2) is 0 Å². The van der Waals surface area contributed by atoms with Gasteiger partial charge in [0.2, 0.25) is 11.9 Å². The maximum Gasteiger partial charge on any atom is 0.223 e. The predicted octanol–water partition coefficient (Wildman–Crippen LogP) is 2.15. The van der Waals surface area contributed by atoms with Gasteiger partial charge in [-0.15, -0.1) is 0 Å². The molecule has 1 amide bonds. The SMILES string of the molecule is COc1c(C)cnc(Cn2cc(CCC(N)=O)c3c(Cl)nc(N)nc32)c1C. The maximum atomic E-state index is 11.2. The number of aryl methyl sites for hydroxylation is 2. The summed E-state index contributed by atoms with van der Waals surface area (Å²) in [6.07, 6.45) is 4.31. The number of primary amides is 1. The van der Waals surface area contributed by atoms with E-state index in [9.17, 15) is 4.79 Å². The van der Waals surface area contributed by atoms with E-state index in [-0.39, 0.29) is 23.4 Å². The van der Waals surface area contributed by atoms with Crippen LogP contribution in [0.5, 0.6) is 5.75 Å². The summed E-state index contributed by atoms with van der Waals surface area (Å²) >= 11 is 6.30. The Morgan fingerprint density at radius 2 is 2.07 bits per heavy atom.